The second-order valence-corrected chi connectivity index (χ2v) is 10.8. The lowest BCUT2D eigenvalue weighted by Gasteiger charge is -2.30. The summed E-state index contributed by atoms with van der Waals surface area (Å²) in [6, 6.07) is 18.2. The van der Waals surface area contributed by atoms with Gasteiger partial charge in [-0.1, -0.05) is 24.3 Å². The first kappa shape index (κ1) is 20.9. The van der Waals surface area contributed by atoms with Gasteiger partial charge in [-0.05, 0) is 54.6 Å². The number of oxazole rings is 1. The van der Waals surface area contributed by atoms with Crippen LogP contribution >= 0.6 is 11.3 Å². The Labute approximate surface area is 189 Å². The summed E-state index contributed by atoms with van der Waals surface area (Å²) < 4.78 is 33.2. The number of nitrogens with one attached hydrogen (secondary N) is 1. The Morgan fingerprint density at radius 3 is 2.81 bits per heavy atom. The van der Waals surface area contributed by atoms with E-state index >= 15 is 0 Å². The van der Waals surface area contributed by atoms with Gasteiger partial charge in [-0.15, -0.1) is 11.3 Å². The normalized spacial score (nSPS) is 17.4. The number of piperidine rings is 1. The zero-order valence-electron chi connectivity index (χ0n) is 17.1. The van der Waals surface area contributed by atoms with Crippen LogP contribution in [0.1, 0.15) is 12.8 Å². The Morgan fingerprint density at radius 2 is 2.00 bits per heavy atom. The molecule has 4 aromatic rings. The number of carbonyl (C=O) groups is 1. The lowest BCUT2D eigenvalue weighted by atomic mass is 9.98. The van der Waals surface area contributed by atoms with Crippen LogP contribution in [0.15, 0.2) is 74.7 Å². The maximum atomic E-state index is 12.9. The molecule has 1 amide bonds. The third kappa shape index (κ3) is 4.06. The Balaban J connectivity index is 1.31. The van der Waals surface area contributed by atoms with Crippen LogP contribution in [-0.4, -0.2) is 36.7 Å². The van der Waals surface area contributed by atoms with E-state index in [2.05, 4.69) is 10.3 Å². The summed E-state index contributed by atoms with van der Waals surface area (Å²) in [4.78, 5) is 17.4. The van der Waals surface area contributed by atoms with Gasteiger partial charge in [-0.3, -0.25) is 4.79 Å². The predicted molar refractivity (Wildman–Crippen MR) is 124 cm³/mol. The van der Waals surface area contributed by atoms with E-state index in [1.165, 1.54) is 15.6 Å². The second kappa shape index (κ2) is 8.50. The highest BCUT2D eigenvalue weighted by molar-refractivity contribution is 7.91. The molecule has 1 unspecified atom stereocenters. The summed E-state index contributed by atoms with van der Waals surface area (Å²) in [5.41, 5.74) is 2.84. The van der Waals surface area contributed by atoms with Crippen molar-refractivity contribution < 1.29 is 17.6 Å². The minimum Gasteiger partial charge on any atom is -0.436 e. The average Bonchev–Trinajstić information content (AvgIpc) is 3.50. The van der Waals surface area contributed by atoms with Gasteiger partial charge in [-0.2, -0.15) is 4.31 Å². The number of para-hydroxylation sites is 2. The largest absolute Gasteiger partial charge is 0.436 e. The summed E-state index contributed by atoms with van der Waals surface area (Å²) in [6.45, 7) is 0.605. The Hall–Kier alpha value is -3.01. The molecule has 7 nitrogen and oxygen atoms in total. The van der Waals surface area contributed by atoms with Crippen LogP contribution in [-0.2, 0) is 14.8 Å². The molecule has 5 rings (SSSR count). The zero-order valence-corrected chi connectivity index (χ0v) is 18.7. The van der Waals surface area contributed by atoms with Crippen LogP contribution in [0.4, 0.5) is 5.69 Å². The molecule has 1 atom stereocenters. The molecule has 1 N–H and O–H groups in total. The van der Waals surface area contributed by atoms with Crippen molar-refractivity contribution >= 4 is 44.1 Å². The first-order valence-electron chi connectivity index (χ1n) is 10.3. The van der Waals surface area contributed by atoms with Gasteiger partial charge < -0.3 is 9.73 Å². The lowest BCUT2D eigenvalue weighted by molar-refractivity contribution is -0.120. The topological polar surface area (TPSA) is 92.5 Å². The number of sulfonamides is 1. The standard InChI is InChI=1S/C23H21N3O4S2/c27-22(17-7-4-12-26(15-17)32(28,29)21-11-5-13-31-21)24-18-8-3-6-16(14-18)23-25-19-9-1-2-10-20(19)30-23/h1-3,5-6,8-11,13-14,17H,4,7,12,15H2,(H,24,27). The third-order valence-corrected chi connectivity index (χ3v) is 8.75. The molecule has 1 saturated heterocycles. The molecule has 32 heavy (non-hydrogen) atoms. The van der Waals surface area contributed by atoms with Crippen molar-refractivity contribution in [1.82, 2.24) is 9.29 Å². The van der Waals surface area contributed by atoms with E-state index in [9.17, 15) is 13.2 Å². The van der Waals surface area contributed by atoms with Crippen LogP contribution in [0, 0.1) is 5.92 Å². The fraction of sp³-hybridized carbons (Fsp3) is 0.217. The SMILES string of the molecule is O=C(Nc1cccc(-c2nc3ccccc3o2)c1)C1CCCN(S(=O)(=O)c2cccs2)C1. The van der Waals surface area contributed by atoms with Gasteiger partial charge in [0, 0.05) is 24.3 Å². The number of anilines is 1. The number of rotatable bonds is 5. The molecule has 2 aromatic carbocycles. The van der Waals surface area contributed by atoms with E-state index in [1.54, 1.807) is 23.6 Å². The molecule has 0 bridgehead atoms. The van der Waals surface area contributed by atoms with Gasteiger partial charge in [0.05, 0.1) is 5.92 Å². The Bertz CT molecular complexity index is 1330. The van der Waals surface area contributed by atoms with Crippen molar-refractivity contribution in [3.05, 3.63) is 66.0 Å². The number of hydrogen-bond donors (Lipinski definition) is 1. The summed E-state index contributed by atoms with van der Waals surface area (Å²) in [7, 11) is -3.56. The first-order chi connectivity index (χ1) is 15.5. The highest BCUT2D eigenvalue weighted by atomic mass is 32.2. The molecular formula is C23H21N3O4S2. The molecular weight excluding hydrogens is 446 g/mol. The van der Waals surface area contributed by atoms with Crippen molar-refractivity contribution in [2.24, 2.45) is 5.92 Å². The number of benzene rings is 2. The molecule has 0 spiro atoms. The van der Waals surface area contributed by atoms with E-state index in [0.29, 0.717) is 40.8 Å². The summed E-state index contributed by atoms with van der Waals surface area (Å²) >= 11 is 1.19. The minimum absolute atomic E-state index is 0.177. The van der Waals surface area contributed by atoms with Gasteiger partial charge in [0.25, 0.3) is 10.0 Å². The molecule has 3 heterocycles. The van der Waals surface area contributed by atoms with Gasteiger partial charge in [0.2, 0.25) is 11.8 Å². The highest BCUT2D eigenvalue weighted by Crippen LogP contribution is 2.29. The van der Waals surface area contributed by atoms with E-state index in [0.717, 1.165) is 11.1 Å². The van der Waals surface area contributed by atoms with Gasteiger partial charge >= 0.3 is 0 Å². The molecule has 1 aliphatic heterocycles. The highest BCUT2D eigenvalue weighted by Gasteiger charge is 2.33. The maximum absolute atomic E-state index is 12.9. The monoisotopic (exact) mass is 467 g/mol. The summed E-state index contributed by atoms with van der Waals surface area (Å²) in [5, 5.41) is 4.68. The number of amides is 1. The van der Waals surface area contributed by atoms with Crippen molar-refractivity contribution in [3.63, 3.8) is 0 Å². The average molecular weight is 468 g/mol. The summed E-state index contributed by atoms with van der Waals surface area (Å²) in [6.07, 6.45) is 1.29. The molecule has 164 valence electrons. The molecule has 0 saturated carbocycles. The van der Waals surface area contributed by atoms with E-state index < -0.39 is 15.9 Å². The van der Waals surface area contributed by atoms with Gasteiger partial charge in [0.15, 0.2) is 5.58 Å². The fourth-order valence-electron chi connectivity index (χ4n) is 3.88. The van der Waals surface area contributed by atoms with Crippen molar-refractivity contribution in [1.29, 1.82) is 0 Å². The van der Waals surface area contributed by atoms with Crippen molar-refractivity contribution in [3.8, 4) is 11.5 Å². The Kier molecular flexibility index (Phi) is 5.54. The number of thiophene rings is 1. The van der Waals surface area contributed by atoms with Gasteiger partial charge in [0.1, 0.15) is 9.73 Å². The van der Waals surface area contributed by atoms with Crippen LogP contribution < -0.4 is 5.32 Å². The van der Waals surface area contributed by atoms with Crippen LogP contribution in [0.3, 0.4) is 0 Å². The van der Waals surface area contributed by atoms with Crippen LogP contribution in [0.5, 0.6) is 0 Å². The maximum Gasteiger partial charge on any atom is 0.252 e. The van der Waals surface area contributed by atoms with E-state index in [4.69, 9.17) is 4.42 Å². The number of nitrogens with zero attached hydrogens (tertiary/aromatic N) is 2. The zero-order chi connectivity index (χ0) is 22.1. The number of aromatic nitrogens is 1. The molecule has 1 fully saturated rings. The fourth-order valence-corrected chi connectivity index (χ4v) is 6.55. The molecule has 0 aliphatic carbocycles. The first-order valence-corrected chi connectivity index (χ1v) is 12.6. The van der Waals surface area contributed by atoms with Crippen molar-refractivity contribution in [2.45, 2.75) is 17.1 Å². The molecule has 0 radical (unpaired) electrons. The van der Waals surface area contributed by atoms with Crippen LogP contribution in [0.25, 0.3) is 22.6 Å². The smallest absolute Gasteiger partial charge is 0.252 e. The second-order valence-electron chi connectivity index (χ2n) is 7.69. The molecule has 2 aromatic heterocycles. The van der Waals surface area contributed by atoms with Crippen LogP contribution in [0.2, 0.25) is 0 Å². The van der Waals surface area contributed by atoms with Crippen molar-refractivity contribution in [2.75, 3.05) is 18.4 Å². The van der Waals surface area contributed by atoms with E-state index in [-0.39, 0.29) is 12.5 Å². The number of carbonyl (C=O) groups excluding carboxylic acids is 1. The Morgan fingerprint density at radius 1 is 1.12 bits per heavy atom. The number of hydrogen-bond acceptors (Lipinski definition) is 6. The quantitative estimate of drug-likeness (QED) is 0.463. The lowest BCUT2D eigenvalue weighted by Crippen LogP contribution is -2.43. The molecule has 9 heteroatoms. The van der Waals surface area contributed by atoms with Gasteiger partial charge in [-0.25, -0.2) is 13.4 Å². The van der Waals surface area contributed by atoms with E-state index in [1.807, 2.05) is 42.5 Å². The summed E-state index contributed by atoms with van der Waals surface area (Å²) in [5.74, 6) is -0.120. The minimum atomic E-state index is -3.56. The third-order valence-electron chi connectivity index (χ3n) is 5.52. The molecule has 1 aliphatic rings. The number of fused-ring (bicyclic) bond motifs is 1. The predicted octanol–water partition coefficient (Wildman–Crippen LogP) is 4.60.